The zero-order chi connectivity index (χ0) is 14.3. The number of aromatic carboxylic acids is 1. The normalized spacial score (nSPS) is 14.2. The van der Waals surface area contributed by atoms with Gasteiger partial charge in [-0.05, 0) is 43.2 Å². The van der Waals surface area contributed by atoms with Crippen LogP contribution in [0.5, 0.6) is 0 Å². The standard InChI is InChI=1S/C14H11FN2O3/c15-9-3-5-10(6-4-9)17-13(18)11(14(19)20)7-12(16-17)8-1-2-8/h3-8H,1-2H2,(H,19,20). The number of aromatic nitrogens is 2. The fourth-order valence-corrected chi connectivity index (χ4v) is 2.00. The monoisotopic (exact) mass is 274 g/mol. The molecule has 0 radical (unpaired) electrons. The van der Waals surface area contributed by atoms with Crippen molar-refractivity contribution in [3.8, 4) is 5.69 Å². The molecule has 0 amide bonds. The van der Waals surface area contributed by atoms with E-state index in [1.54, 1.807) is 0 Å². The van der Waals surface area contributed by atoms with Crippen LogP contribution < -0.4 is 5.56 Å². The highest BCUT2D eigenvalue weighted by Gasteiger charge is 2.28. The molecule has 2 aromatic rings. The van der Waals surface area contributed by atoms with E-state index >= 15 is 0 Å². The van der Waals surface area contributed by atoms with Gasteiger partial charge in [-0.15, -0.1) is 0 Å². The molecule has 5 nitrogen and oxygen atoms in total. The summed E-state index contributed by atoms with van der Waals surface area (Å²) in [6.45, 7) is 0. The SMILES string of the molecule is O=C(O)c1cc(C2CC2)nn(-c2ccc(F)cc2)c1=O. The van der Waals surface area contributed by atoms with Gasteiger partial charge in [0.25, 0.3) is 5.56 Å². The van der Waals surface area contributed by atoms with Gasteiger partial charge in [-0.25, -0.2) is 9.18 Å². The smallest absolute Gasteiger partial charge is 0.341 e. The Morgan fingerprint density at radius 3 is 2.50 bits per heavy atom. The Morgan fingerprint density at radius 1 is 1.30 bits per heavy atom. The second kappa shape index (κ2) is 4.56. The summed E-state index contributed by atoms with van der Waals surface area (Å²) in [7, 11) is 0. The summed E-state index contributed by atoms with van der Waals surface area (Å²) < 4.78 is 14.0. The van der Waals surface area contributed by atoms with Gasteiger partial charge in [0.1, 0.15) is 11.4 Å². The zero-order valence-corrected chi connectivity index (χ0v) is 10.4. The van der Waals surface area contributed by atoms with Gasteiger partial charge >= 0.3 is 5.97 Å². The van der Waals surface area contributed by atoms with Crippen molar-refractivity contribution in [3.05, 3.63) is 57.8 Å². The van der Waals surface area contributed by atoms with Crippen LogP contribution in [0.1, 0.15) is 34.8 Å². The van der Waals surface area contributed by atoms with Gasteiger partial charge in [-0.1, -0.05) is 0 Å². The molecule has 1 fully saturated rings. The highest BCUT2D eigenvalue weighted by atomic mass is 19.1. The predicted molar refractivity (Wildman–Crippen MR) is 68.7 cm³/mol. The molecule has 0 atom stereocenters. The fraction of sp³-hybridized carbons (Fsp3) is 0.214. The van der Waals surface area contributed by atoms with Crippen LogP contribution in [0.15, 0.2) is 35.1 Å². The quantitative estimate of drug-likeness (QED) is 0.928. The average Bonchev–Trinajstić information content (AvgIpc) is 3.24. The lowest BCUT2D eigenvalue weighted by atomic mass is 10.2. The van der Waals surface area contributed by atoms with Crippen molar-refractivity contribution in [2.24, 2.45) is 0 Å². The number of carboxylic acids is 1. The molecule has 6 heteroatoms. The summed E-state index contributed by atoms with van der Waals surface area (Å²) in [6, 6.07) is 6.53. The number of rotatable bonds is 3. The van der Waals surface area contributed by atoms with Crippen molar-refractivity contribution < 1.29 is 14.3 Å². The molecule has 1 aromatic heterocycles. The molecule has 1 N–H and O–H groups in total. The van der Waals surface area contributed by atoms with Gasteiger partial charge in [0.2, 0.25) is 0 Å². The summed E-state index contributed by atoms with van der Waals surface area (Å²) in [4.78, 5) is 23.3. The van der Waals surface area contributed by atoms with Crippen LogP contribution in [-0.2, 0) is 0 Å². The van der Waals surface area contributed by atoms with Crippen LogP contribution in [0, 0.1) is 5.82 Å². The van der Waals surface area contributed by atoms with Gasteiger partial charge < -0.3 is 5.11 Å². The highest BCUT2D eigenvalue weighted by Crippen LogP contribution is 2.38. The topological polar surface area (TPSA) is 72.2 Å². The number of halogens is 1. The van der Waals surface area contributed by atoms with Gasteiger partial charge in [-0.2, -0.15) is 9.78 Å². The largest absolute Gasteiger partial charge is 0.477 e. The average molecular weight is 274 g/mol. The molecule has 1 aromatic carbocycles. The molecule has 0 aliphatic heterocycles. The molecule has 0 spiro atoms. The van der Waals surface area contributed by atoms with Crippen LogP contribution in [0.25, 0.3) is 5.69 Å². The third kappa shape index (κ3) is 2.20. The maximum absolute atomic E-state index is 12.9. The van der Waals surface area contributed by atoms with Gasteiger partial charge in [0, 0.05) is 5.92 Å². The van der Waals surface area contributed by atoms with Crippen molar-refractivity contribution in [2.75, 3.05) is 0 Å². The van der Waals surface area contributed by atoms with Crippen molar-refractivity contribution in [1.29, 1.82) is 0 Å². The Balaban J connectivity index is 2.20. The highest BCUT2D eigenvalue weighted by molar-refractivity contribution is 5.87. The van der Waals surface area contributed by atoms with Crippen molar-refractivity contribution in [1.82, 2.24) is 9.78 Å². The molecular formula is C14H11FN2O3. The van der Waals surface area contributed by atoms with Gasteiger partial charge in [0.15, 0.2) is 0 Å². The lowest BCUT2D eigenvalue weighted by molar-refractivity contribution is 0.0694. The first-order valence-electron chi connectivity index (χ1n) is 6.20. The fourth-order valence-electron chi connectivity index (χ4n) is 2.00. The van der Waals surface area contributed by atoms with Crippen molar-refractivity contribution >= 4 is 5.97 Å². The molecule has 0 bridgehead atoms. The summed E-state index contributed by atoms with van der Waals surface area (Å²) in [5.41, 5.74) is -0.0903. The van der Waals surface area contributed by atoms with E-state index in [1.165, 1.54) is 30.3 Å². The van der Waals surface area contributed by atoms with Gasteiger partial charge in [-0.3, -0.25) is 4.79 Å². The Hall–Kier alpha value is -2.50. The zero-order valence-electron chi connectivity index (χ0n) is 10.4. The van der Waals surface area contributed by atoms with E-state index in [9.17, 15) is 14.0 Å². The lowest BCUT2D eigenvalue weighted by Crippen LogP contribution is -2.28. The predicted octanol–water partition coefficient (Wildman–Crippen LogP) is 1.95. The molecule has 0 saturated heterocycles. The summed E-state index contributed by atoms with van der Waals surface area (Å²) in [5, 5.41) is 13.3. The van der Waals surface area contributed by atoms with E-state index in [0.717, 1.165) is 17.5 Å². The van der Waals surface area contributed by atoms with Gasteiger partial charge in [0.05, 0.1) is 11.4 Å². The summed E-state index contributed by atoms with van der Waals surface area (Å²) in [6.07, 6.45) is 1.88. The minimum atomic E-state index is -1.28. The van der Waals surface area contributed by atoms with E-state index in [2.05, 4.69) is 5.10 Å². The van der Waals surface area contributed by atoms with Crippen LogP contribution in [0.4, 0.5) is 4.39 Å². The second-order valence-electron chi connectivity index (χ2n) is 4.76. The minimum Gasteiger partial charge on any atom is -0.477 e. The number of hydrogen-bond acceptors (Lipinski definition) is 3. The Morgan fingerprint density at radius 2 is 1.95 bits per heavy atom. The van der Waals surface area contributed by atoms with Crippen LogP contribution in [0.3, 0.4) is 0 Å². The third-order valence-electron chi connectivity index (χ3n) is 3.23. The molecule has 0 unspecified atom stereocenters. The Kier molecular flexibility index (Phi) is 2.85. The van der Waals surface area contributed by atoms with E-state index < -0.39 is 17.3 Å². The first-order valence-corrected chi connectivity index (χ1v) is 6.20. The van der Waals surface area contributed by atoms with E-state index in [-0.39, 0.29) is 11.5 Å². The Labute approximate surface area is 113 Å². The lowest BCUT2D eigenvalue weighted by Gasteiger charge is -2.08. The summed E-state index contributed by atoms with van der Waals surface area (Å²) >= 11 is 0. The van der Waals surface area contributed by atoms with Crippen LogP contribution in [0.2, 0.25) is 0 Å². The van der Waals surface area contributed by atoms with E-state index in [0.29, 0.717) is 11.4 Å². The number of carbonyl (C=O) groups is 1. The minimum absolute atomic E-state index is 0.209. The Bertz CT molecular complexity index is 733. The van der Waals surface area contributed by atoms with Crippen LogP contribution in [-0.4, -0.2) is 20.9 Å². The molecule has 102 valence electrons. The molecule has 1 aliphatic rings. The molecule has 3 rings (SSSR count). The maximum Gasteiger partial charge on any atom is 0.341 e. The summed E-state index contributed by atoms with van der Waals surface area (Å²) in [5.74, 6) is -1.51. The third-order valence-corrected chi connectivity index (χ3v) is 3.23. The second-order valence-corrected chi connectivity index (χ2v) is 4.76. The molecule has 1 aliphatic carbocycles. The number of hydrogen-bond donors (Lipinski definition) is 1. The maximum atomic E-state index is 12.9. The number of carboxylic acid groups (broad SMARTS) is 1. The number of benzene rings is 1. The first kappa shape index (κ1) is 12.5. The van der Waals surface area contributed by atoms with E-state index in [4.69, 9.17) is 5.11 Å². The molecule has 1 heterocycles. The van der Waals surface area contributed by atoms with Crippen LogP contribution >= 0.6 is 0 Å². The first-order chi connectivity index (χ1) is 9.56. The molecule has 1 saturated carbocycles. The van der Waals surface area contributed by atoms with E-state index in [1.807, 2.05) is 0 Å². The molecular weight excluding hydrogens is 263 g/mol. The molecule has 20 heavy (non-hydrogen) atoms. The number of nitrogens with zero attached hydrogens (tertiary/aromatic N) is 2. The van der Waals surface area contributed by atoms with Crippen molar-refractivity contribution in [2.45, 2.75) is 18.8 Å². The van der Waals surface area contributed by atoms with Crippen molar-refractivity contribution in [3.63, 3.8) is 0 Å².